The van der Waals surface area contributed by atoms with Crippen molar-refractivity contribution in [2.24, 2.45) is 0 Å². The Balaban J connectivity index is 1.86. The molecule has 0 spiro atoms. The summed E-state index contributed by atoms with van der Waals surface area (Å²) in [6, 6.07) is 3.69. The second-order valence-corrected chi connectivity index (χ2v) is 4.92. The lowest BCUT2D eigenvalue weighted by molar-refractivity contribution is 0.0944. The Labute approximate surface area is 144 Å². The van der Waals surface area contributed by atoms with Crippen LogP contribution < -0.4 is 30.6 Å². The van der Waals surface area contributed by atoms with Crippen LogP contribution in [0.4, 0.5) is 5.82 Å². The van der Waals surface area contributed by atoms with Crippen molar-refractivity contribution in [1.29, 1.82) is 0 Å². The molecule has 25 heavy (non-hydrogen) atoms. The summed E-state index contributed by atoms with van der Waals surface area (Å²) in [4.78, 5) is 11.8. The van der Waals surface area contributed by atoms with E-state index >= 15 is 0 Å². The first-order chi connectivity index (χ1) is 12.1. The second kappa shape index (κ2) is 8.73. The van der Waals surface area contributed by atoms with E-state index in [0.717, 1.165) is 5.56 Å². The van der Waals surface area contributed by atoms with Crippen LogP contribution in [0.1, 0.15) is 16.1 Å². The van der Waals surface area contributed by atoms with Gasteiger partial charge in [0.2, 0.25) is 17.3 Å². The molecule has 2 rings (SSSR count). The third-order valence-corrected chi connectivity index (χ3v) is 3.42. The Morgan fingerprint density at radius 3 is 2.48 bits per heavy atom. The Morgan fingerprint density at radius 1 is 1.12 bits per heavy atom. The fourth-order valence-electron chi connectivity index (χ4n) is 2.23. The van der Waals surface area contributed by atoms with Crippen molar-refractivity contribution in [3.05, 3.63) is 23.4 Å². The van der Waals surface area contributed by atoms with Crippen molar-refractivity contribution >= 4 is 11.7 Å². The predicted octanol–water partition coefficient (Wildman–Crippen LogP) is 0.197. The molecule has 4 N–H and O–H groups in total. The van der Waals surface area contributed by atoms with Crippen LogP contribution in [0.5, 0.6) is 17.2 Å². The van der Waals surface area contributed by atoms with Crippen LogP contribution in [-0.4, -0.2) is 50.6 Å². The number of carbonyl (C=O) groups is 1. The molecule has 0 aliphatic heterocycles. The first kappa shape index (κ1) is 18.3. The van der Waals surface area contributed by atoms with Gasteiger partial charge in [0.25, 0.3) is 5.91 Å². The summed E-state index contributed by atoms with van der Waals surface area (Å²) in [7, 11) is 4.68. The van der Waals surface area contributed by atoms with Crippen LogP contribution in [0.15, 0.2) is 16.8 Å². The molecule has 2 aromatic rings. The van der Waals surface area contributed by atoms with Gasteiger partial charge >= 0.3 is 0 Å². The van der Waals surface area contributed by atoms with Crippen molar-refractivity contribution in [3.8, 4) is 17.2 Å². The van der Waals surface area contributed by atoms with Gasteiger partial charge in [0.1, 0.15) is 0 Å². The molecule has 1 amide bonds. The summed E-state index contributed by atoms with van der Waals surface area (Å²) in [6.07, 6.45) is 0. The summed E-state index contributed by atoms with van der Waals surface area (Å²) < 4.78 is 20.4. The minimum atomic E-state index is -0.441. The molecule has 10 heteroatoms. The Morgan fingerprint density at radius 2 is 1.88 bits per heavy atom. The SMILES string of the molecule is COc1ccc(CNCCNC(=O)c2nonc2N)c(OC)c1OC. The van der Waals surface area contributed by atoms with Crippen LogP contribution in [0.3, 0.4) is 0 Å². The van der Waals surface area contributed by atoms with Crippen LogP contribution in [0, 0.1) is 0 Å². The van der Waals surface area contributed by atoms with E-state index in [0.29, 0.717) is 36.9 Å². The number of nitrogens with zero attached hydrogens (tertiary/aromatic N) is 2. The summed E-state index contributed by atoms with van der Waals surface area (Å²) in [5, 5.41) is 12.6. The van der Waals surface area contributed by atoms with Gasteiger partial charge < -0.3 is 30.6 Å². The van der Waals surface area contributed by atoms with Crippen LogP contribution >= 0.6 is 0 Å². The first-order valence-corrected chi connectivity index (χ1v) is 7.47. The number of methoxy groups -OCH3 is 3. The largest absolute Gasteiger partial charge is 0.493 e. The first-order valence-electron chi connectivity index (χ1n) is 7.47. The van der Waals surface area contributed by atoms with Gasteiger partial charge in [-0.05, 0) is 16.4 Å². The zero-order valence-electron chi connectivity index (χ0n) is 14.3. The van der Waals surface area contributed by atoms with Gasteiger partial charge in [-0.2, -0.15) is 0 Å². The van der Waals surface area contributed by atoms with Gasteiger partial charge in [0.15, 0.2) is 11.5 Å². The normalized spacial score (nSPS) is 10.4. The standard InChI is InChI=1S/C15H21N5O5/c1-22-10-5-4-9(12(23-2)13(10)24-3)8-17-6-7-18-15(21)11-14(16)20-25-19-11/h4-5,17H,6-8H2,1-3H3,(H2,16,20)(H,18,21). The molecule has 0 radical (unpaired) electrons. The fourth-order valence-corrected chi connectivity index (χ4v) is 2.23. The number of nitrogen functional groups attached to an aromatic ring is 1. The van der Waals surface area contributed by atoms with Crippen molar-refractivity contribution in [2.75, 3.05) is 40.2 Å². The van der Waals surface area contributed by atoms with E-state index < -0.39 is 5.91 Å². The number of benzene rings is 1. The van der Waals surface area contributed by atoms with E-state index in [-0.39, 0.29) is 11.5 Å². The maximum Gasteiger partial charge on any atom is 0.277 e. The number of hydrogen-bond acceptors (Lipinski definition) is 9. The van der Waals surface area contributed by atoms with Crippen LogP contribution in [-0.2, 0) is 6.54 Å². The lowest BCUT2D eigenvalue weighted by atomic mass is 10.1. The number of anilines is 1. The molecule has 1 heterocycles. The van der Waals surface area contributed by atoms with E-state index in [1.165, 1.54) is 0 Å². The molecule has 136 valence electrons. The number of aromatic nitrogens is 2. The summed E-state index contributed by atoms with van der Waals surface area (Å²) in [6.45, 7) is 1.42. The van der Waals surface area contributed by atoms with Crippen molar-refractivity contribution in [3.63, 3.8) is 0 Å². The van der Waals surface area contributed by atoms with E-state index in [1.54, 1.807) is 27.4 Å². The molecule has 0 atom stereocenters. The number of nitrogens with two attached hydrogens (primary N) is 1. The Hall–Kier alpha value is -3.01. The highest BCUT2D eigenvalue weighted by atomic mass is 16.6. The van der Waals surface area contributed by atoms with E-state index in [9.17, 15) is 4.79 Å². The van der Waals surface area contributed by atoms with Gasteiger partial charge in [0, 0.05) is 25.2 Å². The van der Waals surface area contributed by atoms with Gasteiger partial charge in [-0.15, -0.1) is 0 Å². The molecule has 0 saturated carbocycles. The van der Waals surface area contributed by atoms with E-state index in [4.69, 9.17) is 19.9 Å². The summed E-state index contributed by atoms with van der Waals surface area (Å²) >= 11 is 0. The molecule has 0 saturated heterocycles. The van der Waals surface area contributed by atoms with Gasteiger partial charge in [0.05, 0.1) is 21.3 Å². The zero-order valence-corrected chi connectivity index (χ0v) is 14.3. The Bertz CT molecular complexity index is 718. The molecule has 0 fully saturated rings. The molecular formula is C15H21N5O5. The molecule has 1 aromatic heterocycles. The van der Waals surface area contributed by atoms with Crippen LogP contribution in [0.2, 0.25) is 0 Å². The maximum absolute atomic E-state index is 11.8. The second-order valence-electron chi connectivity index (χ2n) is 4.92. The maximum atomic E-state index is 11.8. The highest BCUT2D eigenvalue weighted by molar-refractivity contribution is 5.95. The molecular weight excluding hydrogens is 330 g/mol. The van der Waals surface area contributed by atoms with Gasteiger partial charge in [-0.25, -0.2) is 4.63 Å². The zero-order chi connectivity index (χ0) is 18.2. The lowest BCUT2D eigenvalue weighted by Crippen LogP contribution is -2.32. The highest BCUT2D eigenvalue weighted by Crippen LogP contribution is 2.39. The molecule has 1 aromatic carbocycles. The molecule has 0 bridgehead atoms. The molecule has 0 aliphatic rings. The minimum absolute atomic E-state index is 0.0263. The van der Waals surface area contributed by atoms with Gasteiger partial charge in [-0.3, -0.25) is 4.79 Å². The average Bonchev–Trinajstić information content (AvgIpc) is 3.06. The molecule has 0 unspecified atom stereocenters. The summed E-state index contributed by atoms with van der Waals surface area (Å²) in [5.41, 5.74) is 6.32. The van der Waals surface area contributed by atoms with Crippen molar-refractivity contribution in [2.45, 2.75) is 6.54 Å². The Kier molecular flexibility index (Phi) is 6.40. The number of hydrogen-bond donors (Lipinski definition) is 3. The number of nitrogens with one attached hydrogen (secondary N) is 2. The monoisotopic (exact) mass is 351 g/mol. The van der Waals surface area contributed by atoms with E-state index in [2.05, 4.69) is 25.6 Å². The minimum Gasteiger partial charge on any atom is -0.493 e. The van der Waals surface area contributed by atoms with Crippen LogP contribution in [0.25, 0.3) is 0 Å². The third kappa shape index (κ3) is 4.29. The third-order valence-electron chi connectivity index (χ3n) is 3.42. The predicted molar refractivity (Wildman–Crippen MR) is 88.8 cm³/mol. The quantitative estimate of drug-likeness (QED) is 0.541. The number of ether oxygens (including phenoxy) is 3. The van der Waals surface area contributed by atoms with Crippen molar-refractivity contribution in [1.82, 2.24) is 20.9 Å². The van der Waals surface area contributed by atoms with Gasteiger partial charge in [-0.1, -0.05) is 6.07 Å². The number of rotatable bonds is 9. The average molecular weight is 351 g/mol. The molecule has 10 nitrogen and oxygen atoms in total. The highest BCUT2D eigenvalue weighted by Gasteiger charge is 2.16. The lowest BCUT2D eigenvalue weighted by Gasteiger charge is -2.16. The van der Waals surface area contributed by atoms with E-state index in [1.807, 2.05) is 6.07 Å². The smallest absolute Gasteiger partial charge is 0.277 e. The number of carbonyl (C=O) groups excluding carboxylic acids is 1. The summed E-state index contributed by atoms with van der Waals surface area (Å²) in [5.74, 6) is 1.24. The number of amides is 1. The molecule has 0 aliphatic carbocycles. The fraction of sp³-hybridized carbons (Fsp3) is 0.400. The van der Waals surface area contributed by atoms with Crippen molar-refractivity contribution < 1.29 is 23.6 Å². The topological polar surface area (TPSA) is 134 Å².